The normalized spacial score (nSPS) is 12.5. The molecular weight excluding hydrogens is 339 g/mol. The minimum atomic E-state index is -0.306. The number of ketones is 1. The fraction of sp³-hybridized carbons (Fsp3) is 0.375. The summed E-state index contributed by atoms with van der Waals surface area (Å²) in [5.41, 5.74) is 4.51. The average Bonchev–Trinajstić information content (AvgIpc) is 3.01. The van der Waals surface area contributed by atoms with Crippen molar-refractivity contribution in [1.82, 2.24) is 0 Å². The number of carbonyl (C=O) groups is 1. The van der Waals surface area contributed by atoms with Crippen LogP contribution in [-0.2, 0) is 0 Å². The highest BCUT2D eigenvalue weighted by Crippen LogP contribution is 2.38. The van der Waals surface area contributed by atoms with E-state index in [1.54, 1.807) is 19.1 Å². The summed E-state index contributed by atoms with van der Waals surface area (Å²) in [5, 5.41) is 0.859. The zero-order valence-electron chi connectivity index (χ0n) is 16.6. The molecule has 0 radical (unpaired) electrons. The van der Waals surface area contributed by atoms with Gasteiger partial charge in [0.05, 0.1) is 5.56 Å². The topological polar surface area (TPSA) is 30.2 Å². The Morgan fingerprint density at radius 2 is 1.85 bits per heavy atom. The van der Waals surface area contributed by atoms with Gasteiger partial charge in [0.2, 0.25) is 0 Å². The number of rotatable bonds is 7. The molecule has 0 amide bonds. The van der Waals surface area contributed by atoms with Gasteiger partial charge in [0.25, 0.3) is 0 Å². The standard InChI is InChI=1S/C24H27FO2/c1-5-7-8-17(6-2)20-14-21-22(13-15(20)3)27-24(23(21)16(4)26)18-9-11-19(25)12-10-18/h9-14,17H,5-8H2,1-4H3. The molecule has 0 aliphatic rings. The molecular formula is C24H27FO2. The fourth-order valence-electron chi connectivity index (χ4n) is 3.89. The van der Waals surface area contributed by atoms with Gasteiger partial charge in [-0.2, -0.15) is 0 Å². The fourth-order valence-corrected chi connectivity index (χ4v) is 3.89. The van der Waals surface area contributed by atoms with Crippen LogP contribution in [-0.4, -0.2) is 5.78 Å². The van der Waals surface area contributed by atoms with Gasteiger partial charge < -0.3 is 4.42 Å². The van der Waals surface area contributed by atoms with Crippen LogP contribution in [0.1, 0.15) is 73.9 Å². The van der Waals surface area contributed by atoms with Gasteiger partial charge >= 0.3 is 0 Å². The van der Waals surface area contributed by atoms with E-state index >= 15 is 0 Å². The van der Waals surface area contributed by atoms with E-state index in [0.717, 1.165) is 23.8 Å². The molecule has 0 fully saturated rings. The van der Waals surface area contributed by atoms with Crippen molar-refractivity contribution in [3.8, 4) is 11.3 Å². The second-order valence-corrected chi connectivity index (χ2v) is 7.32. The zero-order valence-corrected chi connectivity index (χ0v) is 16.6. The molecule has 142 valence electrons. The highest BCUT2D eigenvalue weighted by molar-refractivity contribution is 6.11. The molecule has 0 bridgehead atoms. The third-order valence-corrected chi connectivity index (χ3v) is 5.37. The smallest absolute Gasteiger partial charge is 0.164 e. The molecule has 3 rings (SSSR count). The van der Waals surface area contributed by atoms with E-state index in [0.29, 0.717) is 22.8 Å². The molecule has 3 aromatic rings. The number of aryl methyl sites for hydroxylation is 1. The maximum Gasteiger partial charge on any atom is 0.164 e. The van der Waals surface area contributed by atoms with E-state index in [1.165, 1.54) is 36.1 Å². The monoisotopic (exact) mass is 366 g/mol. The lowest BCUT2D eigenvalue weighted by molar-refractivity contribution is 0.101. The lowest BCUT2D eigenvalue weighted by Gasteiger charge is -2.17. The third kappa shape index (κ3) is 3.83. The predicted octanol–water partition coefficient (Wildman–Crippen LogP) is 7.43. The van der Waals surface area contributed by atoms with E-state index in [9.17, 15) is 9.18 Å². The van der Waals surface area contributed by atoms with Crippen LogP contribution in [0, 0.1) is 12.7 Å². The lowest BCUT2D eigenvalue weighted by atomic mass is 9.87. The van der Waals surface area contributed by atoms with Crippen molar-refractivity contribution < 1.29 is 13.6 Å². The van der Waals surface area contributed by atoms with Crippen molar-refractivity contribution in [2.75, 3.05) is 0 Å². The molecule has 1 aromatic heterocycles. The van der Waals surface area contributed by atoms with Crippen molar-refractivity contribution in [1.29, 1.82) is 0 Å². The number of benzene rings is 2. The minimum Gasteiger partial charge on any atom is -0.455 e. The van der Waals surface area contributed by atoms with Crippen LogP contribution in [0.5, 0.6) is 0 Å². The first-order valence-electron chi connectivity index (χ1n) is 9.80. The first-order valence-corrected chi connectivity index (χ1v) is 9.80. The summed E-state index contributed by atoms with van der Waals surface area (Å²) in [7, 11) is 0. The Bertz CT molecular complexity index is 951. The van der Waals surface area contributed by atoms with E-state index < -0.39 is 0 Å². The lowest BCUT2D eigenvalue weighted by Crippen LogP contribution is -2.01. The number of hydrogen-bond acceptors (Lipinski definition) is 2. The first kappa shape index (κ1) is 19.3. The Balaban J connectivity index is 2.19. The van der Waals surface area contributed by atoms with Crippen molar-refractivity contribution in [2.24, 2.45) is 0 Å². The van der Waals surface area contributed by atoms with Crippen LogP contribution in [0.15, 0.2) is 40.8 Å². The van der Waals surface area contributed by atoms with Gasteiger partial charge in [-0.25, -0.2) is 4.39 Å². The summed E-state index contributed by atoms with van der Waals surface area (Å²) in [6, 6.07) is 10.3. The zero-order chi connectivity index (χ0) is 19.6. The molecule has 0 aliphatic carbocycles. The summed E-state index contributed by atoms with van der Waals surface area (Å²) in [5.74, 6) is 0.664. The Morgan fingerprint density at radius 3 is 2.44 bits per heavy atom. The summed E-state index contributed by atoms with van der Waals surface area (Å²) in [6.45, 7) is 8.10. The predicted molar refractivity (Wildman–Crippen MR) is 109 cm³/mol. The van der Waals surface area contributed by atoms with Crippen LogP contribution in [0.2, 0.25) is 0 Å². The first-order chi connectivity index (χ1) is 13.0. The highest BCUT2D eigenvalue weighted by Gasteiger charge is 2.22. The van der Waals surface area contributed by atoms with Gasteiger partial charge in [0, 0.05) is 10.9 Å². The van der Waals surface area contributed by atoms with E-state index in [-0.39, 0.29) is 11.6 Å². The van der Waals surface area contributed by atoms with E-state index in [1.807, 2.05) is 6.07 Å². The van der Waals surface area contributed by atoms with Crippen molar-refractivity contribution in [3.63, 3.8) is 0 Å². The van der Waals surface area contributed by atoms with Crippen LogP contribution in [0.3, 0.4) is 0 Å². The van der Waals surface area contributed by atoms with Crippen molar-refractivity contribution in [2.45, 2.75) is 59.3 Å². The van der Waals surface area contributed by atoms with Crippen LogP contribution in [0.4, 0.5) is 4.39 Å². The Morgan fingerprint density at radius 1 is 1.15 bits per heavy atom. The van der Waals surface area contributed by atoms with Gasteiger partial charge in [-0.3, -0.25) is 4.79 Å². The molecule has 0 saturated heterocycles. The number of Topliss-reactive ketones (excluding diaryl/α,β-unsaturated/α-hetero) is 1. The number of fused-ring (bicyclic) bond motifs is 1. The van der Waals surface area contributed by atoms with Crippen molar-refractivity contribution in [3.05, 3.63) is 58.9 Å². The maximum atomic E-state index is 13.3. The summed E-state index contributed by atoms with van der Waals surface area (Å²) < 4.78 is 19.4. The van der Waals surface area contributed by atoms with Crippen LogP contribution >= 0.6 is 0 Å². The van der Waals surface area contributed by atoms with Crippen molar-refractivity contribution >= 4 is 16.8 Å². The Hall–Kier alpha value is -2.42. The largest absolute Gasteiger partial charge is 0.455 e. The summed E-state index contributed by atoms with van der Waals surface area (Å²) in [6.07, 6.45) is 4.60. The molecule has 1 unspecified atom stereocenters. The van der Waals surface area contributed by atoms with Gasteiger partial charge in [0.1, 0.15) is 17.2 Å². The second-order valence-electron chi connectivity index (χ2n) is 7.32. The van der Waals surface area contributed by atoms with E-state index in [4.69, 9.17) is 4.42 Å². The molecule has 1 atom stereocenters. The molecule has 2 aromatic carbocycles. The number of carbonyl (C=O) groups excluding carboxylic acids is 1. The SMILES string of the molecule is CCCCC(CC)c1cc2c(C(C)=O)c(-c3ccc(F)cc3)oc2cc1C. The molecule has 3 heteroatoms. The number of unbranched alkanes of at least 4 members (excludes halogenated alkanes) is 1. The van der Waals surface area contributed by atoms with Gasteiger partial charge in [-0.1, -0.05) is 26.7 Å². The molecule has 0 spiro atoms. The summed E-state index contributed by atoms with van der Waals surface area (Å²) in [4.78, 5) is 12.5. The number of halogens is 1. The highest BCUT2D eigenvalue weighted by atomic mass is 19.1. The van der Waals surface area contributed by atoms with Crippen LogP contribution in [0.25, 0.3) is 22.3 Å². The van der Waals surface area contributed by atoms with Gasteiger partial charge in [0.15, 0.2) is 5.78 Å². The number of hydrogen-bond donors (Lipinski definition) is 0. The summed E-state index contributed by atoms with van der Waals surface area (Å²) >= 11 is 0. The molecule has 1 heterocycles. The Kier molecular flexibility index (Phi) is 5.79. The number of furan rings is 1. The quantitative estimate of drug-likeness (QED) is 0.407. The maximum absolute atomic E-state index is 13.3. The third-order valence-electron chi connectivity index (χ3n) is 5.37. The Labute approximate surface area is 160 Å². The molecule has 2 nitrogen and oxygen atoms in total. The van der Waals surface area contributed by atoms with Gasteiger partial charge in [-0.05, 0) is 80.1 Å². The molecule has 0 N–H and O–H groups in total. The van der Waals surface area contributed by atoms with Gasteiger partial charge in [-0.15, -0.1) is 0 Å². The molecule has 27 heavy (non-hydrogen) atoms. The molecule has 0 aliphatic heterocycles. The van der Waals surface area contributed by atoms with Crippen LogP contribution < -0.4 is 0 Å². The second kappa shape index (κ2) is 8.08. The average molecular weight is 366 g/mol. The minimum absolute atomic E-state index is 0.0375. The molecule has 0 saturated carbocycles. The van der Waals surface area contributed by atoms with E-state index in [2.05, 4.69) is 26.8 Å².